The van der Waals surface area contributed by atoms with Crippen LogP contribution in [0.2, 0.25) is 0 Å². The molecule has 7 heteroatoms. The second-order valence-electron chi connectivity index (χ2n) is 6.09. The molecule has 1 rings (SSSR count). The molecule has 0 aromatic heterocycles. The van der Waals surface area contributed by atoms with E-state index in [1.165, 1.54) is 19.2 Å². The summed E-state index contributed by atoms with van der Waals surface area (Å²) in [5, 5.41) is 11.9. The van der Waals surface area contributed by atoms with Gasteiger partial charge in [-0.25, -0.2) is 8.42 Å². The number of hydrogen-bond donors (Lipinski definition) is 1. The van der Waals surface area contributed by atoms with Gasteiger partial charge in [0.05, 0.1) is 17.0 Å². The van der Waals surface area contributed by atoms with E-state index in [-0.39, 0.29) is 22.9 Å². The van der Waals surface area contributed by atoms with Gasteiger partial charge in [0.2, 0.25) is 15.9 Å². The number of carbonyl (C=O) groups excluding carboxylic acids is 1. The molecular formula is C18H27N3O3S. The van der Waals surface area contributed by atoms with Crippen LogP contribution < -0.4 is 5.32 Å². The van der Waals surface area contributed by atoms with Gasteiger partial charge in [0.15, 0.2) is 0 Å². The van der Waals surface area contributed by atoms with Crippen LogP contribution in [0.5, 0.6) is 0 Å². The van der Waals surface area contributed by atoms with Crippen LogP contribution in [-0.4, -0.2) is 38.8 Å². The van der Waals surface area contributed by atoms with Gasteiger partial charge in [0.1, 0.15) is 6.07 Å². The number of hydrogen-bond acceptors (Lipinski definition) is 4. The SMILES string of the molecule is CCCCC(CC)CNC(=O)CN(C)S(=O)(=O)c1ccccc1C#N. The minimum Gasteiger partial charge on any atom is -0.355 e. The molecule has 0 spiro atoms. The van der Waals surface area contributed by atoms with E-state index in [4.69, 9.17) is 5.26 Å². The molecule has 1 aromatic carbocycles. The van der Waals surface area contributed by atoms with Crippen molar-refractivity contribution in [2.24, 2.45) is 5.92 Å². The molecule has 138 valence electrons. The number of unbranched alkanes of at least 4 members (excludes halogenated alkanes) is 1. The maximum atomic E-state index is 12.6. The smallest absolute Gasteiger partial charge is 0.244 e. The standard InChI is InChI=1S/C18H27N3O3S/c1-4-6-9-15(5-2)13-20-18(22)14-21(3)25(23,24)17-11-8-7-10-16(17)12-19/h7-8,10-11,15H,4-6,9,13-14H2,1-3H3,(H,20,22). The summed E-state index contributed by atoms with van der Waals surface area (Å²) in [6.07, 6.45) is 4.26. The lowest BCUT2D eigenvalue weighted by atomic mass is 9.99. The summed E-state index contributed by atoms with van der Waals surface area (Å²) >= 11 is 0. The summed E-state index contributed by atoms with van der Waals surface area (Å²) in [6.45, 7) is 4.50. The summed E-state index contributed by atoms with van der Waals surface area (Å²) in [5.41, 5.74) is 0.0698. The molecule has 0 heterocycles. The predicted molar refractivity (Wildman–Crippen MR) is 97.3 cm³/mol. The largest absolute Gasteiger partial charge is 0.355 e. The molecular weight excluding hydrogens is 338 g/mol. The number of nitrogens with zero attached hydrogens (tertiary/aromatic N) is 2. The Morgan fingerprint density at radius 3 is 2.60 bits per heavy atom. The monoisotopic (exact) mass is 365 g/mol. The van der Waals surface area contributed by atoms with Crippen LogP contribution in [0.3, 0.4) is 0 Å². The third-order valence-corrected chi connectivity index (χ3v) is 6.05. The number of nitriles is 1. The van der Waals surface area contributed by atoms with Crippen molar-refractivity contribution in [2.75, 3.05) is 20.1 Å². The van der Waals surface area contributed by atoms with Gasteiger partial charge < -0.3 is 5.32 Å². The van der Waals surface area contributed by atoms with Crippen LogP contribution in [0.4, 0.5) is 0 Å². The van der Waals surface area contributed by atoms with E-state index in [0.717, 1.165) is 30.0 Å². The summed E-state index contributed by atoms with van der Waals surface area (Å²) in [4.78, 5) is 12.0. The number of likely N-dealkylation sites (N-methyl/N-ethyl adjacent to an activating group) is 1. The molecule has 1 amide bonds. The zero-order chi connectivity index (χ0) is 18.9. The van der Waals surface area contributed by atoms with Crippen molar-refractivity contribution in [3.05, 3.63) is 29.8 Å². The molecule has 1 N–H and O–H groups in total. The lowest BCUT2D eigenvalue weighted by molar-refractivity contribution is -0.121. The minimum atomic E-state index is -3.89. The van der Waals surface area contributed by atoms with Gasteiger partial charge in [0, 0.05) is 13.6 Å². The first-order valence-electron chi connectivity index (χ1n) is 8.58. The Hall–Kier alpha value is -1.91. The van der Waals surface area contributed by atoms with E-state index >= 15 is 0 Å². The first-order valence-corrected chi connectivity index (χ1v) is 10.0. The molecule has 0 aliphatic heterocycles. The van der Waals surface area contributed by atoms with Crippen molar-refractivity contribution in [1.29, 1.82) is 5.26 Å². The zero-order valence-electron chi connectivity index (χ0n) is 15.2. The van der Waals surface area contributed by atoms with E-state index < -0.39 is 10.0 Å². The third kappa shape index (κ3) is 6.15. The van der Waals surface area contributed by atoms with Crippen LogP contribution in [-0.2, 0) is 14.8 Å². The van der Waals surface area contributed by atoms with E-state index in [2.05, 4.69) is 19.2 Å². The summed E-state index contributed by atoms with van der Waals surface area (Å²) in [5.74, 6) is 0.0700. The fourth-order valence-electron chi connectivity index (χ4n) is 2.50. The van der Waals surface area contributed by atoms with Crippen molar-refractivity contribution < 1.29 is 13.2 Å². The van der Waals surface area contributed by atoms with E-state index in [1.807, 2.05) is 6.07 Å². The molecule has 6 nitrogen and oxygen atoms in total. The molecule has 1 unspecified atom stereocenters. The van der Waals surface area contributed by atoms with Crippen molar-refractivity contribution in [3.63, 3.8) is 0 Å². The van der Waals surface area contributed by atoms with Crippen LogP contribution in [0.1, 0.15) is 45.1 Å². The van der Waals surface area contributed by atoms with Crippen molar-refractivity contribution in [2.45, 2.75) is 44.4 Å². The number of sulfonamides is 1. The molecule has 0 radical (unpaired) electrons. The van der Waals surface area contributed by atoms with Gasteiger partial charge >= 0.3 is 0 Å². The fourth-order valence-corrected chi connectivity index (χ4v) is 3.76. The maximum Gasteiger partial charge on any atom is 0.244 e. The Kier molecular flexibility index (Phi) is 8.59. The van der Waals surface area contributed by atoms with Gasteiger partial charge in [0.25, 0.3) is 0 Å². The topological polar surface area (TPSA) is 90.3 Å². The second kappa shape index (κ2) is 10.2. The average Bonchev–Trinajstić information content (AvgIpc) is 2.61. The lowest BCUT2D eigenvalue weighted by Crippen LogP contribution is -2.40. The van der Waals surface area contributed by atoms with Crippen LogP contribution in [0.25, 0.3) is 0 Å². The van der Waals surface area contributed by atoms with Crippen molar-refractivity contribution in [3.8, 4) is 6.07 Å². The Balaban J connectivity index is 2.69. The van der Waals surface area contributed by atoms with Crippen LogP contribution in [0, 0.1) is 17.2 Å². The molecule has 0 saturated carbocycles. The van der Waals surface area contributed by atoms with Crippen molar-refractivity contribution in [1.82, 2.24) is 9.62 Å². The molecule has 0 fully saturated rings. The predicted octanol–water partition coefficient (Wildman–Crippen LogP) is 2.51. The highest BCUT2D eigenvalue weighted by molar-refractivity contribution is 7.89. The van der Waals surface area contributed by atoms with E-state index in [0.29, 0.717) is 12.5 Å². The third-order valence-electron chi connectivity index (χ3n) is 4.19. The first kappa shape index (κ1) is 21.1. The highest BCUT2D eigenvalue weighted by Crippen LogP contribution is 2.18. The number of amides is 1. The fraction of sp³-hybridized carbons (Fsp3) is 0.556. The number of carbonyl (C=O) groups is 1. The molecule has 1 aromatic rings. The molecule has 25 heavy (non-hydrogen) atoms. The first-order chi connectivity index (χ1) is 11.9. The Bertz CT molecular complexity index is 711. The highest BCUT2D eigenvalue weighted by Gasteiger charge is 2.25. The Morgan fingerprint density at radius 1 is 1.32 bits per heavy atom. The molecule has 1 atom stereocenters. The molecule has 0 bridgehead atoms. The average molecular weight is 365 g/mol. The number of benzene rings is 1. The normalized spacial score (nSPS) is 12.6. The second-order valence-corrected chi connectivity index (χ2v) is 8.10. The van der Waals surface area contributed by atoms with Gasteiger partial charge in [-0.05, 0) is 24.5 Å². The van der Waals surface area contributed by atoms with Crippen LogP contribution in [0.15, 0.2) is 29.2 Å². The van der Waals surface area contributed by atoms with Crippen LogP contribution >= 0.6 is 0 Å². The molecule has 0 aliphatic carbocycles. The van der Waals surface area contributed by atoms with E-state index in [9.17, 15) is 13.2 Å². The van der Waals surface area contributed by atoms with Gasteiger partial charge in [-0.1, -0.05) is 45.2 Å². The molecule has 0 aliphatic rings. The van der Waals surface area contributed by atoms with Crippen molar-refractivity contribution >= 4 is 15.9 Å². The van der Waals surface area contributed by atoms with E-state index in [1.54, 1.807) is 12.1 Å². The number of nitrogens with one attached hydrogen (secondary N) is 1. The minimum absolute atomic E-state index is 0.0698. The van der Waals surface area contributed by atoms with Gasteiger partial charge in [-0.15, -0.1) is 0 Å². The highest BCUT2D eigenvalue weighted by atomic mass is 32.2. The summed E-state index contributed by atoms with van der Waals surface area (Å²) in [6, 6.07) is 7.85. The zero-order valence-corrected chi connectivity index (χ0v) is 16.0. The lowest BCUT2D eigenvalue weighted by Gasteiger charge is -2.19. The maximum absolute atomic E-state index is 12.6. The van der Waals surface area contributed by atoms with Gasteiger partial charge in [-0.3, -0.25) is 4.79 Å². The summed E-state index contributed by atoms with van der Waals surface area (Å²) in [7, 11) is -2.54. The molecule has 0 saturated heterocycles. The Labute approximate surface area is 150 Å². The Morgan fingerprint density at radius 2 is 2.00 bits per heavy atom. The number of rotatable bonds is 10. The quantitative estimate of drug-likeness (QED) is 0.690. The van der Waals surface area contributed by atoms with Gasteiger partial charge in [-0.2, -0.15) is 9.57 Å². The summed E-state index contributed by atoms with van der Waals surface area (Å²) < 4.78 is 26.1.